The van der Waals surface area contributed by atoms with Crippen LogP contribution in [0.2, 0.25) is 0 Å². The van der Waals surface area contributed by atoms with E-state index in [4.69, 9.17) is 6.64 Å². The third-order valence-corrected chi connectivity index (χ3v) is 3.32. The van der Waals surface area contributed by atoms with Gasteiger partial charge >= 0.3 is 105 Å². The van der Waals surface area contributed by atoms with Crippen LogP contribution in [0.3, 0.4) is 0 Å². The fourth-order valence-electron chi connectivity index (χ4n) is 1.33. The van der Waals surface area contributed by atoms with Gasteiger partial charge < -0.3 is 0 Å². The summed E-state index contributed by atoms with van der Waals surface area (Å²) in [7, 11) is 0. The molecule has 0 aliphatic carbocycles. The van der Waals surface area contributed by atoms with Gasteiger partial charge in [-0.2, -0.15) is 0 Å². The number of halogens is 2. The van der Waals surface area contributed by atoms with Gasteiger partial charge in [0.15, 0.2) is 0 Å². The van der Waals surface area contributed by atoms with Gasteiger partial charge in [-0.25, -0.2) is 0 Å². The predicted octanol–water partition coefficient (Wildman–Crippen LogP) is 4.94. The van der Waals surface area contributed by atoms with E-state index in [1.165, 1.54) is 51.4 Å². The third kappa shape index (κ3) is 22.8. The van der Waals surface area contributed by atoms with Gasteiger partial charge in [0, 0.05) is 0 Å². The molecule has 0 N–H and O–H groups in total. The molecule has 0 bridgehead atoms. The van der Waals surface area contributed by atoms with Gasteiger partial charge in [0.05, 0.1) is 0 Å². The monoisotopic (exact) mass is 322 g/mol. The second-order valence-electron chi connectivity index (χ2n) is 3.90. The first-order chi connectivity index (χ1) is 7.41. The summed E-state index contributed by atoms with van der Waals surface area (Å²) < 4.78 is 11.0. The van der Waals surface area contributed by atoms with Gasteiger partial charge in [-0.15, -0.1) is 24.8 Å². The summed E-state index contributed by atoms with van der Waals surface area (Å²) in [5, 5.41) is 0. The summed E-state index contributed by atoms with van der Waals surface area (Å²) in [5.41, 5.74) is 0. The summed E-state index contributed by atoms with van der Waals surface area (Å²) >= 11 is -0.543. The number of unbranched alkanes of at least 4 members (excludes halogenated alkanes) is 6. The van der Waals surface area contributed by atoms with Crippen molar-refractivity contribution in [2.75, 3.05) is 13.2 Å². The van der Waals surface area contributed by atoms with Crippen molar-refractivity contribution in [3.8, 4) is 0 Å². The molecule has 0 unspecified atom stereocenters. The largest absolute Gasteiger partial charge is 0.147 e. The first kappa shape index (κ1) is 23.3. The molecular formula is C12H28Cl2O2Ti. The van der Waals surface area contributed by atoms with Crippen molar-refractivity contribution in [3.05, 3.63) is 0 Å². The second-order valence-corrected chi connectivity index (χ2v) is 5.06. The molecule has 0 aliphatic rings. The van der Waals surface area contributed by atoms with Crippen LogP contribution < -0.4 is 0 Å². The zero-order chi connectivity index (χ0) is 11.2. The fraction of sp³-hybridized carbons (Fsp3) is 1.00. The summed E-state index contributed by atoms with van der Waals surface area (Å²) in [6.45, 7) is 6.28. The van der Waals surface area contributed by atoms with Crippen molar-refractivity contribution in [1.82, 2.24) is 0 Å². The van der Waals surface area contributed by atoms with Gasteiger partial charge in [0.25, 0.3) is 0 Å². The maximum Gasteiger partial charge on any atom is -0.147 e. The van der Waals surface area contributed by atoms with Crippen LogP contribution in [0.15, 0.2) is 0 Å². The average molecular weight is 323 g/mol. The van der Waals surface area contributed by atoms with E-state index in [0.717, 1.165) is 13.2 Å². The molecule has 0 aromatic rings. The van der Waals surface area contributed by atoms with Gasteiger partial charge in [-0.3, -0.25) is 0 Å². The van der Waals surface area contributed by atoms with Crippen LogP contribution in [-0.4, -0.2) is 13.2 Å². The molecule has 5 heteroatoms. The minimum Gasteiger partial charge on any atom is -0.147 e. The Kier molecular flexibility index (Phi) is 30.7. The Balaban J connectivity index is -0.000000980. The van der Waals surface area contributed by atoms with Crippen LogP contribution in [0, 0.1) is 0 Å². The van der Waals surface area contributed by atoms with Gasteiger partial charge in [0.1, 0.15) is 0 Å². The van der Waals surface area contributed by atoms with Crippen molar-refractivity contribution < 1.29 is 26.6 Å². The van der Waals surface area contributed by atoms with Gasteiger partial charge in [-0.1, -0.05) is 0 Å². The van der Waals surface area contributed by atoms with E-state index < -0.39 is 19.9 Å². The molecule has 106 valence electrons. The molecule has 0 fully saturated rings. The Labute approximate surface area is 129 Å². The summed E-state index contributed by atoms with van der Waals surface area (Å²) in [6, 6.07) is 0. The zero-order valence-electron chi connectivity index (χ0n) is 11.2. The Bertz CT molecular complexity index is 107. The molecule has 17 heavy (non-hydrogen) atoms. The van der Waals surface area contributed by atoms with Gasteiger partial charge in [-0.05, 0) is 0 Å². The molecule has 0 saturated carbocycles. The minimum absolute atomic E-state index is 0. The maximum absolute atomic E-state index is 5.49. The molecule has 0 rings (SSSR count). The van der Waals surface area contributed by atoms with E-state index in [2.05, 4.69) is 13.8 Å². The molecule has 0 radical (unpaired) electrons. The normalized spacial score (nSPS) is 9.29. The van der Waals surface area contributed by atoms with E-state index in [9.17, 15) is 0 Å². The Hall–Kier alpha value is 1.21. The molecule has 0 aromatic carbocycles. The molecule has 2 nitrogen and oxygen atoms in total. The number of rotatable bonds is 12. The maximum atomic E-state index is 5.49. The summed E-state index contributed by atoms with van der Waals surface area (Å²) in [6.07, 6.45) is 10.3. The average Bonchev–Trinajstić information content (AvgIpc) is 2.26. The van der Waals surface area contributed by atoms with Crippen molar-refractivity contribution in [2.45, 2.75) is 65.2 Å². The van der Waals surface area contributed by atoms with Crippen LogP contribution in [0.25, 0.3) is 0 Å². The topological polar surface area (TPSA) is 18.5 Å². The van der Waals surface area contributed by atoms with E-state index in [0.29, 0.717) is 0 Å². The Morgan fingerprint density at radius 3 is 1.41 bits per heavy atom. The van der Waals surface area contributed by atoms with Crippen LogP contribution in [0.4, 0.5) is 0 Å². The molecule has 0 amide bonds. The fourth-order valence-corrected chi connectivity index (χ4v) is 2.17. The van der Waals surface area contributed by atoms with Crippen LogP contribution in [0.5, 0.6) is 0 Å². The van der Waals surface area contributed by atoms with E-state index in [1.54, 1.807) is 0 Å². The Morgan fingerprint density at radius 2 is 1.06 bits per heavy atom. The second kappa shape index (κ2) is 22.4. The minimum atomic E-state index is -0.543. The first-order valence-electron chi connectivity index (χ1n) is 6.40. The first-order valence-corrected chi connectivity index (χ1v) is 7.67. The van der Waals surface area contributed by atoms with Crippen molar-refractivity contribution in [1.29, 1.82) is 0 Å². The molecule has 0 aliphatic heterocycles. The number of hydrogen-bond donors (Lipinski definition) is 0. The molecule has 0 saturated heterocycles. The van der Waals surface area contributed by atoms with Gasteiger partial charge in [0.2, 0.25) is 0 Å². The van der Waals surface area contributed by atoms with Crippen molar-refractivity contribution in [2.24, 2.45) is 0 Å². The Morgan fingerprint density at radius 1 is 0.647 bits per heavy atom. The van der Waals surface area contributed by atoms with Crippen molar-refractivity contribution in [3.63, 3.8) is 0 Å². The van der Waals surface area contributed by atoms with Crippen LogP contribution in [0.1, 0.15) is 65.2 Å². The SMILES string of the molecule is CCCCCC[O][Ti][O]CCCCCC.Cl.Cl. The van der Waals surface area contributed by atoms with E-state index in [1.807, 2.05) is 0 Å². The third-order valence-electron chi connectivity index (χ3n) is 2.32. The molecule has 0 heterocycles. The summed E-state index contributed by atoms with van der Waals surface area (Å²) in [4.78, 5) is 0. The van der Waals surface area contributed by atoms with E-state index in [-0.39, 0.29) is 24.8 Å². The predicted molar refractivity (Wildman–Crippen MR) is 74.7 cm³/mol. The number of hydrogen-bond acceptors (Lipinski definition) is 2. The van der Waals surface area contributed by atoms with Crippen LogP contribution >= 0.6 is 24.8 Å². The van der Waals surface area contributed by atoms with Crippen LogP contribution in [-0.2, 0) is 26.6 Å². The molecule has 0 spiro atoms. The molecule has 0 atom stereocenters. The quantitative estimate of drug-likeness (QED) is 0.374. The van der Waals surface area contributed by atoms with E-state index >= 15 is 0 Å². The molecule has 0 aromatic heterocycles. The zero-order valence-corrected chi connectivity index (χ0v) is 14.4. The standard InChI is InChI=1S/2C6H13O.2ClH.Ti/c2*1-2-3-4-5-6-7;;;/h2*2-6H2,1H3;2*1H;/q2*-1;;;+2. The van der Waals surface area contributed by atoms with Crippen molar-refractivity contribution >= 4 is 24.8 Å². The molecular weight excluding hydrogens is 295 g/mol. The smallest absolute Gasteiger partial charge is 0.147 e. The summed E-state index contributed by atoms with van der Waals surface area (Å²) in [5.74, 6) is 0.